The summed E-state index contributed by atoms with van der Waals surface area (Å²) < 4.78 is 0. The minimum atomic E-state index is -0.270. The minimum absolute atomic E-state index is 0. The summed E-state index contributed by atoms with van der Waals surface area (Å²) in [7, 11) is 1.47. The molecule has 0 radical (unpaired) electrons. The summed E-state index contributed by atoms with van der Waals surface area (Å²) in [6, 6.07) is 8.72. The SMILES string of the molecule is CN(C(=N)N)C(=O)c1ccccc1.Cl. The van der Waals surface area contributed by atoms with E-state index < -0.39 is 0 Å². The third-order valence-corrected chi connectivity index (χ3v) is 1.69. The number of amides is 1. The number of carbonyl (C=O) groups is 1. The van der Waals surface area contributed by atoms with Gasteiger partial charge in [-0.15, -0.1) is 12.4 Å². The number of nitrogens with one attached hydrogen (secondary N) is 1. The molecule has 0 aliphatic rings. The fourth-order valence-corrected chi connectivity index (χ4v) is 0.884. The van der Waals surface area contributed by atoms with Crippen molar-refractivity contribution in [2.75, 3.05) is 7.05 Å². The molecule has 0 aliphatic carbocycles. The fraction of sp³-hybridized carbons (Fsp3) is 0.111. The largest absolute Gasteiger partial charge is 0.370 e. The molecule has 14 heavy (non-hydrogen) atoms. The van der Waals surface area contributed by atoms with Gasteiger partial charge >= 0.3 is 0 Å². The van der Waals surface area contributed by atoms with Crippen LogP contribution in [-0.2, 0) is 0 Å². The average Bonchev–Trinajstić information content (AvgIpc) is 2.17. The molecule has 0 aliphatic heterocycles. The van der Waals surface area contributed by atoms with E-state index in [0.717, 1.165) is 4.90 Å². The molecular formula is C9H12ClN3O. The van der Waals surface area contributed by atoms with E-state index in [-0.39, 0.29) is 24.3 Å². The number of carbonyl (C=O) groups excluding carboxylic acids is 1. The molecular weight excluding hydrogens is 202 g/mol. The van der Waals surface area contributed by atoms with Crippen LogP contribution in [0.5, 0.6) is 0 Å². The second-order valence-corrected chi connectivity index (χ2v) is 2.62. The first-order chi connectivity index (χ1) is 6.13. The molecule has 4 nitrogen and oxygen atoms in total. The van der Waals surface area contributed by atoms with Gasteiger partial charge in [0.25, 0.3) is 5.91 Å². The van der Waals surface area contributed by atoms with Crippen LogP contribution in [0.4, 0.5) is 0 Å². The zero-order valence-corrected chi connectivity index (χ0v) is 8.54. The summed E-state index contributed by atoms with van der Waals surface area (Å²) in [5.41, 5.74) is 5.69. The number of hydrogen-bond acceptors (Lipinski definition) is 2. The van der Waals surface area contributed by atoms with Gasteiger partial charge in [-0.25, -0.2) is 0 Å². The molecule has 1 amide bonds. The molecule has 0 aromatic heterocycles. The predicted molar refractivity (Wildman–Crippen MR) is 57.7 cm³/mol. The summed E-state index contributed by atoms with van der Waals surface area (Å²) in [4.78, 5) is 12.6. The van der Waals surface area contributed by atoms with Crippen molar-refractivity contribution in [3.8, 4) is 0 Å². The van der Waals surface area contributed by atoms with Crippen molar-refractivity contribution in [2.45, 2.75) is 0 Å². The van der Waals surface area contributed by atoms with Crippen molar-refractivity contribution in [3.05, 3.63) is 35.9 Å². The highest BCUT2D eigenvalue weighted by Gasteiger charge is 2.12. The molecule has 0 fully saturated rings. The first-order valence-electron chi connectivity index (χ1n) is 3.80. The van der Waals surface area contributed by atoms with Crippen LogP contribution in [0.2, 0.25) is 0 Å². The van der Waals surface area contributed by atoms with Gasteiger partial charge in [0.05, 0.1) is 0 Å². The first kappa shape index (κ1) is 12.5. The summed E-state index contributed by atoms with van der Waals surface area (Å²) in [6.45, 7) is 0. The van der Waals surface area contributed by atoms with Crippen molar-refractivity contribution in [1.29, 1.82) is 5.41 Å². The third-order valence-electron chi connectivity index (χ3n) is 1.69. The van der Waals surface area contributed by atoms with Gasteiger partial charge < -0.3 is 5.73 Å². The Hall–Kier alpha value is -1.55. The highest BCUT2D eigenvalue weighted by atomic mass is 35.5. The van der Waals surface area contributed by atoms with Crippen molar-refractivity contribution in [3.63, 3.8) is 0 Å². The number of halogens is 1. The fourth-order valence-electron chi connectivity index (χ4n) is 0.884. The number of rotatable bonds is 1. The Morgan fingerprint density at radius 1 is 1.36 bits per heavy atom. The summed E-state index contributed by atoms with van der Waals surface area (Å²) in [5.74, 6) is -0.526. The molecule has 5 heteroatoms. The van der Waals surface area contributed by atoms with Crippen LogP contribution in [-0.4, -0.2) is 23.8 Å². The summed E-state index contributed by atoms with van der Waals surface area (Å²) >= 11 is 0. The Kier molecular flexibility index (Phi) is 4.66. The Balaban J connectivity index is 0.00000169. The molecule has 0 unspecified atom stereocenters. The van der Waals surface area contributed by atoms with Gasteiger partial charge in [0.2, 0.25) is 0 Å². The van der Waals surface area contributed by atoms with Crippen molar-refractivity contribution >= 4 is 24.3 Å². The predicted octanol–water partition coefficient (Wildman–Crippen LogP) is 1.07. The molecule has 0 atom stereocenters. The van der Waals surface area contributed by atoms with Crippen molar-refractivity contribution in [1.82, 2.24) is 4.90 Å². The maximum Gasteiger partial charge on any atom is 0.260 e. The summed E-state index contributed by atoms with van der Waals surface area (Å²) in [6.07, 6.45) is 0. The molecule has 3 N–H and O–H groups in total. The molecule has 0 saturated carbocycles. The van der Waals surface area contributed by atoms with Crippen LogP contribution in [0.15, 0.2) is 30.3 Å². The van der Waals surface area contributed by atoms with Crippen molar-refractivity contribution in [2.24, 2.45) is 5.73 Å². The number of guanidine groups is 1. The second-order valence-electron chi connectivity index (χ2n) is 2.62. The van der Waals surface area contributed by atoms with Gasteiger partial charge in [-0.05, 0) is 12.1 Å². The highest BCUT2D eigenvalue weighted by molar-refractivity contribution is 6.04. The number of nitrogens with zero attached hydrogens (tertiary/aromatic N) is 1. The molecule has 1 aromatic rings. The smallest absolute Gasteiger partial charge is 0.260 e. The Bertz CT molecular complexity index is 326. The standard InChI is InChI=1S/C9H11N3O.ClH/c1-12(9(10)11)8(13)7-5-3-2-4-6-7;/h2-6H,1H3,(H3,10,11);1H. The maximum absolute atomic E-state index is 11.5. The zero-order valence-electron chi connectivity index (χ0n) is 7.73. The van der Waals surface area contributed by atoms with E-state index >= 15 is 0 Å². The average molecular weight is 214 g/mol. The van der Waals surface area contributed by atoms with Crippen LogP contribution in [0.25, 0.3) is 0 Å². The zero-order chi connectivity index (χ0) is 9.84. The van der Waals surface area contributed by atoms with Crippen LogP contribution in [0.1, 0.15) is 10.4 Å². The monoisotopic (exact) mass is 213 g/mol. The molecule has 0 heterocycles. The first-order valence-corrected chi connectivity index (χ1v) is 3.80. The lowest BCUT2D eigenvalue weighted by Crippen LogP contribution is -2.37. The van der Waals surface area contributed by atoms with E-state index in [4.69, 9.17) is 11.1 Å². The van der Waals surface area contributed by atoms with E-state index in [9.17, 15) is 4.79 Å². The Morgan fingerprint density at radius 3 is 2.29 bits per heavy atom. The van der Waals surface area contributed by atoms with E-state index in [1.165, 1.54) is 7.05 Å². The lowest BCUT2D eigenvalue weighted by atomic mass is 10.2. The van der Waals surface area contributed by atoms with Gasteiger partial charge in [-0.1, -0.05) is 18.2 Å². The van der Waals surface area contributed by atoms with E-state index in [1.54, 1.807) is 24.3 Å². The summed E-state index contributed by atoms with van der Waals surface area (Å²) in [5, 5.41) is 7.06. The molecule has 0 spiro atoms. The van der Waals surface area contributed by atoms with Gasteiger partial charge in [0.15, 0.2) is 5.96 Å². The Labute approximate surface area is 88.6 Å². The third kappa shape index (κ3) is 2.74. The van der Waals surface area contributed by atoms with Gasteiger partial charge in [-0.3, -0.25) is 15.1 Å². The second kappa shape index (κ2) is 5.24. The van der Waals surface area contributed by atoms with Gasteiger partial charge in [0, 0.05) is 12.6 Å². The van der Waals surface area contributed by atoms with Crippen LogP contribution < -0.4 is 5.73 Å². The lowest BCUT2D eigenvalue weighted by molar-refractivity contribution is 0.0869. The molecule has 76 valence electrons. The number of nitrogens with two attached hydrogens (primary N) is 1. The van der Waals surface area contributed by atoms with Crippen LogP contribution in [0.3, 0.4) is 0 Å². The normalized spacial score (nSPS) is 8.64. The lowest BCUT2D eigenvalue weighted by Gasteiger charge is -2.13. The van der Waals surface area contributed by atoms with Crippen LogP contribution >= 0.6 is 12.4 Å². The minimum Gasteiger partial charge on any atom is -0.370 e. The van der Waals surface area contributed by atoms with Crippen molar-refractivity contribution < 1.29 is 4.79 Å². The van der Waals surface area contributed by atoms with Crippen LogP contribution in [0, 0.1) is 5.41 Å². The van der Waals surface area contributed by atoms with E-state index in [2.05, 4.69) is 0 Å². The topological polar surface area (TPSA) is 70.2 Å². The molecule has 1 aromatic carbocycles. The molecule has 0 bridgehead atoms. The quantitative estimate of drug-likeness (QED) is 0.541. The maximum atomic E-state index is 11.5. The van der Waals surface area contributed by atoms with E-state index in [1.807, 2.05) is 6.07 Å². The van der Waals surface area contributed by atoms with Gasteiger partial charge in [-0.2, -0.15) is 0 Å². The number of benzene rings is 1. The number of hydrogen-bond donors (Lipinski definition) is 2. The molecule has 1 rings (SSSR count). The van der Waals surface area contributed by atoms with Gasteiger partial charge in [0.1, 0.15) is 0 Å². The van der Waals surface area contributed by atoms with E-state index in [0.29, 0.717) is 5.56 Å². The molecule has 0 saturated heterocycles. The highest BCUT2D eigenvalue weighted by Crippen LogP contribution is 2.01. The Morgan fingerprint density at radius 2 is 1.86 bits per heavy atom.